The predicted molar refractivity (Wildman–Crippen MR) is 139 cm³/mol. The molecule has 2 N–H and O–H groups in total. The molecular formula is C27H51N3O4. The lowest BCUT2D eigenvalue weighted by Gasteiger charge is -2.37. The van der Waals surface area contributed by atoms with E-state index in [0.717, 1.165) is 6.42 Å². The Bertz CT molecular complexity index is 683. The Labute approximate surface area is 208 Å². The summed E-state index contributed by atoms with van der Waals surface area (Å²) in [7, 11) is 1.74. The van der Waals surface area contributed by atoms with Gasteiger partial charge in [-0.05, 0) is 58.3 Å². The van der Waals surface area contributed by atoms with E-state index in [0.29, 0.717) is 31.4 Å². The van der Waals surface area contributed by atoms with Crippen LogP contribution >= 0.6 is 0 Å². The van der Waals surface area contributed by atoms with Crippen LogP contribution < -0.4 is 10.6 Å². The summed E-state index contributed by atoms with van der Waals surface area (Å²) in [5.74, 6) is -0.376. The van der Waals surface area contributed by atoms with Crippen LogP contribution in [0, 0.1) is 11.8 Å². The molecule has 7 heteroatoms. The van der Waals surface area contributed by atoms with Gasteiger partial charge in [0.25, 0.3) is 0 Å². The average molecular weight is 482 g/mol. The second kappa shape index (κ2) is 15.2. The Hall–Kier alpha value is -1.89. The fraction of sp³-hybridized carbons (Fsp3) is 0.815. The molecule has 0 aliphatic rings. The molecular weight excluding hydrogens is 430 g/mol. The molecule has 2 amide bonds. The minimum Gasteiger partial charge on any atom is -0.463 e. The van der Waals surface area contributed by atoms with Crippen LogP contribution in [0.4, 0.5) is 0 Å². The molecule has 0 heterocycles. The summed E-state index contributed by atoms with van der Waals surface area (Å²) in [5.41, 5.74) is -0.250. The highest BCUT2D eigenvalue weighted by Crippen LogP contribution is 2.21. The van der Waals surface area contributed by atoms with Gasteiger partial charge in [-0.25, -0.2) is 4.79 Å². The first kappa shape index (κ1) is 32.1. The summed E-state index contributed by atoms with van der Waals surface area (Å²) < 4.78 is 5.11. The number of hydrogen-bond donors (Lipinski definition) is 2. The lowest BCUT2D eigenvalue weighted by atomic mass is 9.89. The third-order valence-electron chi connectivity index (χ3n) is 6.58. The molecule has 3 atom stereocenters. The molecule has 0 saturated carbocycles. The van der Waals surface area contributed by atoms with Gasteiger partial charge in [0.1, 0.15) is 6.04 Å². The predicted octanol–water partition coefficient (Wildman–Crippen LogP) is 4.46. The van der Waals surface area contributed by atoms with Gasteiger partial charge in [0.2, 0.25) is 11.8 Å². The zero-order chi connectivity index (χ0) is 26.6. The molecule has 0 spiro atoms. The SMILES string of the molecule is CCOC(=O)/C(C)=C/[C@H](C(C)C)N(C)C(=O)C(CC(C)C)NC(=O)C(CC)(CC)NC(C)CC. The highest BCUT2D eigenvalue weighted by atomic mass is 16.5. The van der Waals surface area contributed by atoms with Gasteiger partial charge in [-0.3, -0.25) is 9.59 Å². The second-order valence-electron chi connectivity index (χ2n) is 10.2. The molecule has 0 rings (SSSR count). The van der Waals surface area contributed by atoms with E-state index in [1.54, 1.807) is 31.9 Å². The van der Waals surface area contributed by atoms with Crippen LogP contribution in [-0.2, 0) is 19.1 Å². The molecule has 0 fully saturated rings. The quantitative estimate of drug-likeness (QED) is 0.266. The van der Waals surface area contributed by atoms with Crippen molar-refractivity contribution in [1.29, 1.82) is 0 Å². The van der Waals surface area contributed by atoms with Gasteiger partial charge in [-0.15, -0.1) is 0 Å². The van der Waals surface area contributed by atoms with Crippen molar-refractivity contribution in [1.82, 2.24) is 15.5 Å². The lowest BCUT2D eigenvalue weighted by molar-refractivity contribution is -0.140. The first-order chi connectivity index (χ1) is 15.8. The van der Waals surface area contributed by atoms with Crippen LogP contribution in [0.5, 0.6) is 0 Å². The van der Waals surface area contributed by atoms with Crippen molar-refractivity contribution in [2.24, 2.45) is 11.8 Å². The van der Waals surface area contributed by atoms with Crippen molar-refractivity contribution in [3.05, 3.63) is 11.6 Å². The molecule has 198 valence electrons. The summed E-state index contributed by atoms with van der Waals surface area (Å²) in [6.45, 7) is 20.0. The number of carbonyl (C=O) groups is 3. The maximum atomic E-state index is 13.7. The molecule has 0 aromatic carbocycles. The van der Waals surface area contributed by atoms with Crippen molar-refractivity contribution in [3.63, 3.8) is 0 Å². The number of nitrogens with one attached hydrogen (secondary N) is 2. The number of hydrogen-bond acceptors (Lipinski definition) is 5. The number of amides is 2. The third-order valence-corrected chi connectivity index (χ3v) is 6.58. The number of esters is 1. The molecule has 2 unspecified atom stereocenters. The highest BCUT2D eigenvalue weighted by molar-refractivity contribution is 5.92. The van der Waals surface area contributed by atoms with E-state index in [9.17, 15) is 14.4 Å². The van der Waals surface area contributed by atoms with Crippen LogP contribution in [0.3, 0.4) is 0 Å². The molecule has 0 bridgehead atoms. The minimum atomic E-state index is -0.721. The van der Waals surface area contributed by atoms with Crippen LogP contribution in [0.2, 0.25) is 0 Å². The van der Waals surface area contributed by atoms with Gasteiger partial charge >= 0.3 is 5.97 Å². The summed E-state index contributed by atoms with van der Waals surface area (Å²) in [5, 5.41) is 6.59. The summed E-state index contributed by atoms with van der Waals surface area (Å²) in [6, 6.07) is -0.760. The molecule has 7 nitrogen and oxygen atoms in total. The van der Waals surface area contributed by atoms with Crippen molar-refractivity contribution in [3.8, 4) is 0 Å². The summed E-state index contributed by atoms with van der Waals surface area (Å²) in [4.78, 5) is 41.0. The van der Waals surface area contributed by atoms with Crippen LogP contribution in [0.1, 0.15) is 94.9 Å². The Morgan fingerprint density at radius 3 is 1.97 bits per heavy atom. The topological polar surface area (TPSA) is 87.7 Å². The molecule has 0 saturated heterocycles. The van der Waals surface area contributed by atoms with Crippen LogP contribution in [0.25, 0.3) is 0 Å². The molecule has 0 aromatic heterocycles. The van der Waals surface area contributed by atoms with E-state index in [2.05, 4.69) is 24.5 Å². The Morgan fingerprint density at radius 2 is 1.56 bits per heavy atom. The monoisotopic (exact) mass is 481 g/mol. The second-order valence-corrected chi connectivity index (χ2v) is 10.2. The molecule has 0 aliphatic heterocycles. The first-order valence-electron chi connectivity index (χ1n) is 13.0. The van der Waals surface area contributed by atoms with Crippen molar-refractivity contribution < 1.29 is 19.1 Å². The Morgan fingerprint density at radius 1 is 1.00 bits per heavy atom. The molecule has 0 radical (unpaired) electrons. The van der Waals surface area contributed by atoms with Crippen LogP contribution in [0.15, 0.2) is 11.6 Å². The van der Waals surface area contributed by atoms with E-state index in [1.807, 2.05) is 41.5 Å². The highest BCUT2D eigenvalue weighted by Gasteiger charge is 2.39. The number of carbonyl (C=O) groups excluding carboxylic acids is 3. The molecule has 0 aromatic rings. The van der Waals surface area contributed by atoms with Gasteiger partial charge in [0.15, 0.2) is 0 Å². The normalized spacial score (nSPS) is 15.1. The van der Waals surface area contributed by atoms with Crippen molar-refractivity contribution >= 4 is 17.8 Å². The Balaban J connectivity index is 5.97. The maximum Gasteiger partial charge on any atom is 0.333 e. The molecule has 0 aliphatic carbocycles. The van der Waals surface area contributed by atoms with Crippen LogP contribution in [-0.4, -0.2) is 60.0 Å². The van der Waals surface area contributed by atoms with Gasteiger partial charge in [-0.2, -0.15) is 0 Å². The standard InChI is InChI=1S/C27H51N3O4/c1-12-21(10)29-27(13-2,14-3)26(33)28-22(16-18(5)6)24(31)30(11)23(19(7)8)17-20(9)25(32)34-15-4/h17-19,21-23,29H,12-16H2,1-11H3,(H,28,33)/b20-17+/t21?,22?,23-/m1/s1. The average Bonchev–Trinajstić information content (AvgIpc) is 2.78. The fourth-order valence-corrected chi connectivity index (χ4v) is 4.12. The lowest BCUT2D eigenvalue weighted by Crippen LogP contribution is -2.62. The maximum absolute atomic E-state index is 13.7. The number of ether oxygens (including phenoxy) is 1. The van der Waals surface area contributed by atoms with Gasteiger partial charge < -0.3 is 20.3 Å². The third kappa shape index (κ3) is 9.40. The smallest absolute Gasteiger partial charge is 0.333 e. The van der Waals surface area contributed by atoms with E-state index >= 15 is 0 Å². The van der Waals surface area contributed by atoms with Crippen molar-refractivity contribution in [2.75, 3.05) is 13.7 Å². The number of likely N-dealkylation sites (N-methyl/N-ethyl adjacent to an activating group) is 1. The number of nitrogens with zero attached hydrogens (tertiary/aromatic N) is 1. The van der Waals surface area contributed by atoms with Gasteiger partial charge in [-0.1, -0.05) is 54.5 Å². The zero-order valence-corrected chi connectivity index (χ0v) is 23.6. The summed E-state index contributed by atoms with van der Waals surface area (Å²) in [6.07, 6.45) is 4.51. The molecule has 34 heavy (non-hydrogen) atoms. The van der Waals surface area contributed by atoms with E-state index in [1.165, 1.54) is 0 Å². The number of rotatable bonds is 15. The summed E-state index contributed by atoms with van der Waals surface area (Å²) >= 11 is 0. The van der Waals surface area contributed by atoms with E-state index in [-0.39, 0.29) is 41.7 Å². The van der Waals surface area contributed by atoms with E-state index < -0.39 is 11.6 Å². The van der Waals surface area contributed by atoms with Gasteiger partial charge in [0.05, 0.1) is 18.2 Å². The minimum absolute atomic E-state index is 0.0752. The van der Waals surface area contributed by atoms with Crippen molar-refractivity contribution in [2.45, 2.75) is 119 Å². The fourth-order valence-electron chi connectivity index (χ4n) is 4.12. The zero-order valence-electron chi connectivity index (χ0n) is 23.6. The Kier molecular flexibility index (Phi) is 14.3. The van der Waals surface area contributed by atoms with E-state index in [4.69, 9.17) is 4.74 Å². The van der Waals surface area contributed by atoms with Gasteiger partial charge in [0, 0.05) is 18.7 Å². The first-order valence-corrected chi connectivity index (χ1v) is 13.0. The largest absolute Gasteiger partial charge is 0.463 e.